The van der Waals surface area contributed by atoms with Gasteiger partial charge < -0.3 is 20.1 Å². The Balaban J connectivity index is 2.14. The van der Waals surface area contributed by atoms with Gasteiger partial charge in [0.15, 0.2) is 16.6 Å². The van der Waals surface area contributed by atoms with Crippen LogP contribution in [0.3, 0.4) is 0 Å². The molecule has 116 valence electrons. The molecule has 22 heavy (non-hydrogen) atoms. The van der Waals surface area contributed by atoms with E-state index in [1.807, 2.05) is 50.2 Å². The summed E-state index contributed by atoms with van der Waals surface area (Å²) in [4.78, 5) is 0. The summed E-state index contributed by atoms with van der Waals surface area (Å²) in [7, 11) is 3.23. The Labute approximate surface area is 136 Å². The summed E-state index contributed by atoms with van der Waals surface area (Å²) in [5, 5.41) is 6.89. The number of ether oxygens (including phenoxy) is 2. The molecule has 2 aromatic carbocycles. The van der Waals surface area contributed by atoms with Gasteiger partial charge in [0.25, 0.3) is 0 Å². The van der Waals surface area contributed by atoms with Gasteiger partial charge in [-0.25, -0.2) is 0 Å². The number of hydrogen-bond acceptors (Lipinski definition) is 3. The Bertz CT molecular complexity index is 686. The molecule has 0 unspecified atom stereocenters. The van der Waals surface area contributed by atoms with Crippen molar-refractivity contribution in [2.24, 2.45) is 0 Å². The summed E-state index contributed by atoms with van der Waals surface area (Å²) in [6.45, 7) is 4.03. The summed E-state index contributed by atoms with van der Waals surface area (Å²) in [5.41, 5.74) is 4.03. The number of benzene rings is 2. The fraction of sp³-hybridized carbons (Fsp3) is 0.235. The van der Waals surface area contributed by atoms with Crippen LogP contribution in [0.15, 0.2) is 36.4 Å². The molecule has 0 aliphatic rings. The van der Waals surface area contributed by atoms with Gasteiger partial charge in [-0.2, -0.15) is 0 Å². The molecule has 2 N–H and O–H groups in total. The minimum Gasteiger partial charge on any atom is -0.493 e. The molecule has 5 heteroatoms. The van der Waals surface area contributed by atoms with Gasteiger partial charge in [-0.1, -0.05) is 12.1 Å². The summed E-state index contributed by atoms with van der Waals surface area (Å²) in [6, 6.07) is 11.8. The maximum Gasteiger partial charge on any atom is 0.175 e. The van der Waals surface area contributed by atoms with Crippen molar-refractivity contribution in [3.63, 3.8) is 0 Å². The fourth-order valence-corrected chi connectivity index (χ4v) is 2.35. The second-order valence-corrected chi connectivity index (χ2v) is 5.38. The van der Waals surface area contributed by atoms with Crippen LogP contribution in [0.25, 0.3) is 0 Å². The number of aryl methyl sites for hydroxylation is 2. The second-order valence-electron chi connectivity index (χ2n) is 4.97. The van der Waals surface area contributed by atoms with Crippen LogP contribution in [0.2, 0.25) is 0 Å². The topological polar surface area (TPSA) is 42.5 Å². The van der Waals surface area contributed by atoms with Crippen molar-refractivity contribution in [3.05, 3.63) is 47.5 Å². The molecule has 2 aromatic rings. The third-order valence-corrected chi connectivity index (χ3v) is 3.46. The van der Waals surface area contributed by atoms with Crippen LogP contribution >= 0.6 is 12.2 Å². The van der Waals surface area contributed by atoms with Crippen LogP contribution in [0.5, 0.6) is 11.5 Å². The van der Waals surface area contributed by atoms with E-state index in [1.54, 1.807) is 14.2 Å². The number of thiocarbonyl (C=S) groups is 1. The quantitative estimate of drug-likeness (QED) is 0.830. The van der Waals surface area contributed by atoms with E-state index in [1.165, 1.54) is 5.56 Å². The second kappa shape index (κ2) is 7.13. The van der Waals surface area contributed by atoms with E-state index in [4.69, 9.17) is 21.7 Å². The van der Waals surface area contributed by atoms with Crippen LogP contribution in [0.4, 0.5) is 11.4 Å². The van der Waals surface area contributed by atoms with Crippen LogP contribution in [0.1, 0.15) is 11.1 Å². The Hall–Kier alpha value is -2.27. The molecular weight excluding hydrogens is 296 g/mol. The Kier molecular flexibility index (Phi) is 5.22. The summed E-state index contributed by atoms with van der Waals surface area (Å²) >= 11 is 5.37. The van der Waals surface area contributed by atoms with Crippen molar-refractivity contribution in [2.45, 2.75) is 13.8 Å². The van der Waals surface area contributed by atoms with E-state index in [9.17, 15) is 0 Å². The third kappa shape index (κ3) is 3.89. The highest BCUT2D eigenvalue weighted by Crippen LogP contribution is 2.32. The summed E-state index contributed by atoms with van der Waals surface area (Å²) in [5.74, 6) is 1.36. The molecule has 0 aromatic heterocycles. The van der Waals surface area contributed by atoms with Crippen molar-refractivity contribution < 1.29 is 9.47 Å². The molecule has 0 heterocycles. The number of hydrogen-bond donors (Lipinski definition) is 2. The van der Waals surface area contributed by atoms with Crippen LogP contribution < -0.4 is 20.1 Å². The zero-order valence-corrected chi connectivity index (χ0v) is 14.0. The molecule has 0 saturated heterocycles. The van der Waals surface area contributed by atoms with Gasteiger partial charge in [-0.15, -0.1) is 0 Å². The Morgan fingerprint density at radius 3 is 2.27 bits per heavy atom. The van der Waals surface area contributed by atoms with Gasteiger partial charge >= 0.3 is 0 Å². The smallest absolute Gasteiger partial charge is 0.175 e. The average molecular weight is 316 g/mol. The van der Waals surface area contributed by atoms with Gasteiger partial charge in [0.1, 0.15) is 0 Å². The molecule has 0 radical (unpaired) electrons. The SMILES string of the molecule is COc1cc(C)c(NC(=S)Nc2cccc(C)c2)cc1OC. The highest BCUT2D eigenvalue weighted by molar-refractivity contribution is 7.80. The average Bonchev–Trinajstić information content (AvgIpc) is 2.48. The molecule has 0 atom stereocenters. The molecule has 4 nitrogen and oxygen atoms in total. The van der Waals surface area contributed by atoms with E-state index in [0.717, 1.165) is 16.9 Å². The Morgan fingerprint density at radius 2 is 1.64 bits per heavy atom. The molecule has 2 rings (SSSR count). The van der Waals surface area contributed by atoms with Gasteiger partial charge in [-0.05, 0) is 55.4 Å². The standard InChI is InChI=1S/C17H20N2O2S/c1-11-6-5-7-13(8-11)18-17(22)19-14-10-16(21-4)15(20-3)9-12(14)2/h5-10H,1-4H3,(H2,18,19,22). The molecule has 0 bridgehead atoms. The van der Waals surface area contributed by atoms with E-state index in [2.05, 4.69) is 10.6 Å². The molecule has 0 aliphatic heterocycles. The molecular formula is C17H20N2O2S. The number of anilines is 2. The van der Waals surface area contributed by atoms with Crippen molar-refractivity contribution in [3.8, 4) is 11.5 Å². The van der Waals surface area contributed by atoms with Crippen LogP contribution in [-0.4, -0.2) is 19.3 Å². The molecule has 0 aliphatic carbocycles. The van der Waals surface area contributed by atoms with E-state index in [0.29, 0.717) is 16.6 Å². The lowest BCUT2D eigenvalue weighted by atomic mass is 10.1. The number of rotatable bonds is 4. The highest BCUT2D eigenvalue weighted by atomic mass is 32.1. The molecule has 0 spiro atoms. The third-order valence-electron chi connectivity index (χ3n) is 3.25. The van der Waals surface area contributed by atoms with Gasteiger partial charge in [0.2, 0.25) is 0 Å². The summed E-state index contributed by atoms with van der Waals surface area (Å²) < 4.78 is 10.6. The van der Waals surface area contributed by atoms with Crippen molar-refractivity contribution in [1.29, 1.82) is 0 Å². The first kappa shape index (κ1) is 16.1. The molecule has 0 fully saturated rings. The van der Waals surface area contributed by atoms with E-state index >= 15 is 0 Å². The minimum absolute atomic E-state index is 0.529. The van der Waals surface area contributed by atoms with Crippen LogP contribution in [-0.2, 0) is 0 Å². The predicted octanol–water partition coefficient (Wildman–Crippen LogP) is 4.13. The zero-order chi connectivity index (χ0) is 16.1. The van der Waals surface area contributed by atoms with Crippen LogP contribution in [0, 0.1) is 13.8 Å². The lowest BCUT2D eigenvalue weighted by Gasteiger charge is -2.16. The molecule has 0 saturated carbocycles. The lowest BCUT2D eigenvalue weighted by molar-refractivity contribution is 0.355. The molecule has 0 amide bonds. The largest absolute Gasteiger partial charge is 0.493 e. The first-order valence-corrected chi connectivity index (χ1v) is 7.31. The maximum atomic E-state index is 5.37. The van der Waals surface area contributed by atoms with Gasteiger partial charge in [0, 0.05) is 17.4 Å². The lowest BCUT2D eigenvalue weighted by Crippen LogP contribution is -2.19. The Morgan fingerprint density at radius 1 is 0.955 bits per heavy atom. The first-order valence-electron chi connectivity index (χ1n) is 6.90. The maximum absolute atomic E-state index is 5.37. The predicted molar refractivity (Wildman–Crippen MR) is 95.3 cm³/mol. The van der Waals surface area contributed by atoms with E-state index in [-0.39, 0.29) is 0 Å². The number of methoxy groups -OCH3 is 2. The normalized spacial score (nSPS) is 10.0. The summed E-state index contributed by atoms with van der Waals surface area (Å²) in [6.07, 6.45) is 0. The van der Waals surface area contributed by atoms with Crippen molar-refractivity contribution in [2.75, 3.05) is 24.9 Å². The number of nitrogens with one attached hydrogen (secondary N) is 2. The van der Waals surface area contributed by atoms with E-state index < -0.39 is 0 Å². The minimum atomic E-state index is 0.529. The van der Waals surface area contributed by atoms with Gasteiger partial charge in [0.05, 0.1) is 14.2 Å². The van der Waals surface area contributed by atoms with Crippen molar-refractivity contribution in [1.82, 2.24) is 0 Å². The van der Waals surface area contributed by atoms with Gasteiger partial charge in [-0.3, -0.25) is 0 Å². The fourth-order valence-electron chi connectivity index (χ4n) is 2.12. The van der Waals surface area contributed by atoms with Crippen molar-refractivity contribution >= 4 is 28.7 Å². The highest BCUT2D eigenvalue weighted by Gasteiger charge is 2.09. The monoisotopic (exact) mass is 316 g/mol. The first-order chi connectivity index (χ1) is 10.5. The zero-order valence-electron chi connectivity index (χ0n) is 13.2.